The Morgan fingerprint density at radius 1 is 0.582 bits per heavy atom. The third kappa shape index (κ3) is 4.41. The van der Waals surface area contributed by atoms with Crippen molar-refractivity contribution in [3.63, 3.8) is 0 Å². The van der Waals surface area contributed by atoms with Crippen LogP contribution in [0.5, 0.6) is 0 Å². The SMILES string of the molecule is CCC1CC2CCCC(C2)C12c1ccccc1-c1ccc(N(c3ccc4c(c3)C3(CCCCC3)c3ccccc3-4)c3cccc4sc5ccccc5c34)cc12. The van der Waals surface area contributed by atoms with E-state index in [2.05, 4.69) is 139 Å². The van der Waals surface area contributed by atoms with Crippen LogP contribution in [0.25, 0.3) is 42.4 Å². The molecular formula is C53H49NS. The van der Waals surface area contributed by atoms with E-state index in [0.29, 0.717) is 11.8 Å². The molecule has 0 radical (unpaired) electrons. The number of hydrogen-bond donors (Lipinski definition) is 0. The second-order valence-corrected chi connectivity index (χ2v) is 18.8. The lowest BCUT2D eigenvalue weighted by Gasteiger charge is -2.54. The first kappa shape index (κ1) is 32.6. The lowest BCUT2D eigenvalue weighted by Crippen LogP contribution is -2.48. The Morgan fingerprint density at radius 2 is 1.25 bits per heavy atom. The largest absolute Gasteiger partial charge is 0.310 e. The Labute approximate surface area is 330 Å². The zero-order valence-electron chi connectivity index (χ0n) is 32.0. The first-order valence-corrected chi connectivity index (χ1v) is 22.2. The summed E-state index contributed by atoms with van der Waals surface area (Å²) in [4.78, 5) is 2.67. The molecule has 4 atom stereocenters. The van der Waals surface area contributed by atoms with Gasteiger partial charge in [-0.2, -0.15) is 0 Å². The van der Waals surface area contributed by atoms with Crippen molar-refractivity contribution in [2.24, 2.45) is 17.8 Å². The van der Waals surface area contributed by atoms with Gasteiger partial charge in [0.25, 0.3) is 0 Å². The van der Waals surface area contributed by atoms with Gasteiger partial charge in [0.05, 0.1) is 5.69 Å². The van der Waals surface area contributed by atoms with Crippen LogP contribution in [0.15, 0.2) is 127 Å². The molecule has 5 aliphatic carbocycles. The number of hydrogen-bond acceptors (Lipinski definition) is 2. The highest BCUT2D eigenvalue weighted by molar-refractivity contribution is 7.26. The van der Waals surface area contributed by atoms with Gasteiger partial charge in [-0.05, 0) is 137 Å². The Kier molecular flexibility index (Phi) is 7.21. The highest BCUT2D eigenvalue weighted by atomic mass is 32.1. The van der Waals surface area contributed by atoms with Crippen LogP contribution < -0.4 is 4.90 Å². The molecule has 4 unspecified atom stereocenters. The third-order valence-corrected chi connectivity index (χ3v) is 16.5. The Hall–Kier alpha value is -4.66. The molecule has 12 rings (SSSR count). The number of thiophene rings is 1. The van der Waals surface area contributed by atoms with Gasteiger partial charge in [-0.15, -0.1) is 11.3 Å². The van der Waals surface area contributed by atoms with Gasteiger partial charge >= 0.3 is 0 Å². The normalized spacial score (nSPS) is 24.2. The zero-order valence-corrected chi connectivity index (χ0v) is 32.8. The van der Waals surface area contributed by atoms with E-state index in [1.165, 1.54) is 130 Å². The second kappa shape index (κ2) is 12.2. The number of nitrogens with zero attached hydrogens (tertiary/aromatic N) is 1. The van der Waals surface area contributed by atoms with E-state index in [1.54, 1.807) is 22.3 Å². The van der Waals surface area contributed by atoms with Gasteiger partial charge in [0.2, 0.25) is 0 Å². The summed E-state index contributed by atoms with van der Waals surface area (Å²) in [6.07, 6.45) is 14.6. The average molecular weight is 732 g/mol. The number of fused-ring (bicyclic) bond motifs is 16. The highest BCUT2D eigenvalue weighted by Gasteiger charge is 2.56. The summed E-state index contributed by atoms with van der Waals surface area (Å²) in [7, 11) is 0. The quantitative estimate of drug-likeness (QED) is 0.174. The van der Waals surface area contributed by atoms with Crippen LogP contribution in [0.4, 0.5) is 17.1 Å². The minimum absolute atomic E-state index is 0.0755. The molecule has 7 aromatic rings. The van der Waals surface area contributed by atoms with Gasteiger partial charge in [0.15, 0.2) is 0 Å². The van der Waals surface area contributed by atoms with Gasteiger partial charge in [0.1, 0.15) is 0 Å². The fourth-order valence-electron chi connectivity index (χ4n) is 13.3. The summed E-state index contributed by atoms with van der Waals surface area (Å²) < 4.78 is 2.72. The predicted octanol–water partition coefficient (Wildman–Crippen LogP) is 15.3. The van der Waals surface area contributed by atoms with Gasteiger partial charge in [-0.25, -0.2) is 0 Å². The monoisotopic (exact) mass is 731 g/mol. The fourth-order valence-corrected chi connectivity index (χ4v) is 14.5. The van der Waals surface area contributed by atoms with Gasteiger partial charge < -0.3 is 4.90 Å². The molecule has 1 heterocycles. The molecule has 272 valence electrons. The summed E-state index contributed by atoms with van der Waals surface area (Å²) in [6, 6.07) is 50.2. The smallest absolute Gasteiger partial charge is 0.0554 e. The van der Waals surface area contributed by atoms with E-state index >= 15 is 0 Å². The lowest BCUT2D eigenvalue weighted by molar-refractivity contribution is 0.0557. The van der Waals surface area contributed by atoms with Crippen molar-refractivity contribution < 1.29 is 0 Å². The Balaban J connectivity index is 1.12. The zero-order chi connectivity index (χ0) is 36.3. The first-order chi connectivity index (χ1) is 27.2. The van der Waals surface area contributed by atoms with Crippen LogP contribution in [-0.2, 0) is 10.8 Å². The molecule has 2 heteroatoms. The molecule has 0 aliphatic heterocycles. The molecule has 3 fully saturated rings. The summed E-state index contributed by atoms with van der Waals surface area (Å²) in [5.41, 5.74) is 16.3. The summed E-state index contributed by atoms with van der Waals surface area (Å²) >= 11 is 1.93. The minimum atomic E-state index is 0.0755. The lowest BCUT2D eigenvalue weighted by atomic mass is 9.50. The van der Waals surface area contributed by atoms with E-state index < -0.39 is 0 Å². The molecule has 6 aromatic carbocycles. The van der Waals surface area contributed by atoms with Crippen molar-refractivity contribution in [2.75, 3.05) is 4.90 Å². The average Bonchev–Trinajstić information content (AvgIpc) is 3.85. The predicted molar refractivity (Wildman–Crippen MR) is 233 cm³/mol. The van der Waals surface area contributed by atoms with E-state index in [-0.39, 0.29) is 10.8 Å². The molecule has 2 spiro atoms. The van der Waals surface area contributed by atoms with E-state index in [9.17, 15) is 0 Å². The summed E-state index contributed by atoms with van der Waals surface area (Å²) in [6.45, 7) is 2.48. The topological polar surface area (TPSA) is 3.24 Å². The molecular weight excluding hydrogens is 683 g/mol. The van der Waals surface area contributed by atoms with Crippen LogP contribution in [0.3, 0.4) is 0 Å². The van der Waals surface area contributed by atoms with Gasteiger partial charge in [-0.1, -0.05) is 130 Å². The minimum Gasteiger partial charge on any atom is -0.310 e. The molecule has 2 bridgehead atoms. The molecule has 3 saturated carbocycles. The van der Waals surface area contributed by atoms with Crippen molar-refractivity contribution in [3.8, 4) is 22.3 Å². The molecule has 1 nitrogen and oxygen atoms in total. The molecule has 55 heavy (non-hydrogen) atoms. The van der Waals surface area contributed by atoms with Gasteiger partial charge in [0, 0.05) is 42.4 Å². The Morgan fingerprint density at radius 3 is 2.07 bits per heavy atom. The van der Waals surface area contributed by atoms with Crippen molar-refractivity contribution in [1.82, 2.24) is 0 Å². The highest BCUT2D eigenvalue weighted by Crippen LogP contribution is 2.65. The summed E-state index contributed by atoms with van der Waals surface area (Å²) in [5.74, 6) is 2.25. The molecule has 0 saturated heterocycles. The van der Waals surface area contributed by atoms with Crippen LogP contribution >= 0.6 is 11.3 Å². The molecule has 0 N–H and O–H groups in total. The summed E-state index contributed by atoms with van der Waals surface area (Å²) in [5, 5.41) is 2.73. The number of benzene rings is 6. The van der Waals surface area contributed by atoms with Crippen LogP contribution in [0.1, 0.15) is 99.8 Å². The van der Waals surface area contributed by atoms with Crippen LogP contribution in [0, 0.1) is 17.8 Å². The maximum Gasteiger partial charge on any atom is 0.0554 e. The maximum absolute atomic E-state index is 2.69. The standard InChI is InChI=1S/C53H49NS/c1-2-35-30-34-14-12-15-36(31-34)53(35)45-20-8-5-17-40(45)42-27-25-38(33-47(42)53)54(48-21-13-23-50-51(48)43-18-6-9-22-49(43)55-50)37-24-26-41-39-16-4-7-19-44(39)52(46(41)32-37)28-10-3-11-29-52/h4-9,13,16-27,32-36H,2-3,10-12,14-15,28-31H2,1H3. The van der Waals surface area contributed by atoms with Crippen LogP contribution in [-0.4, -0.2) is 0 Å². The van der Waals surface area contributed by atoms with Crippen molar-refractivity contribution >= 4 is 48.6 Å². The van der Waals surface area contributed by atoms with Gasteiger partial charge in [-0.3, -0.25) is 0 Å². The molecule has 1 aromatic heterocycles. The van der Waals surface area contributed by atoms with Crippen LogP contribution in [0.2, 0.25) is 0 Å². The maximum atomic E-state index is 2.69. The fraction of sp³-hybridized carbons (Fsp3) is 0.321. The third-order valence-electron chi connectivity index (χ3n) is 15.4. The number of anilines is 3. The van der Waals surface area contributed by atoms with E-state index in [1.807, 2.05) is 11.3 Å². The van der Waals surface area contributed by atoms with Crippen molar-refractivity contribution in [3.05, 3.63) is 150 Å². The molecule has 5 aliphatic rings. The Bertz CT molecular complexity index is 2650. The van der Waals surface area contributed by atoms with E-state index in [0.717, 1.165) is 5.92 Å². The molecule has 0 amide bonds. The van der Waals surface area contributed by atoms with E-state index in [4.69, 9.17) is 0 Å². The number of rotatable bonds is 4. The van der Waals surface area contributed by atoms with Crippen molar-refractivity contribution in [2.45, 2.75) is 88.4 Å². The first-order valence-electron chi connectivity index (χ1n) is 21.4. The second-order valence-electron chi connectivity index (χ2n) is 17.7. The van der Waals surface area contributed by atoms with Crippen molar-refractivity contribution in [1.29, 1.82) is 0 Å².